The molecular formula is C20H32N4O. The van der Waals surface area contributed by atoms with Crippen molar-refractivity contribution >= 4 is 11.9 Å². The van der Waals surface area contributed by atoms with E-state index >= 15 is 0 Å². The lowest BCUT2D eigenvalue weighted by Crippen LogP contribution is -2.42. The fraction of sp³-hybridized carbons (Fsp3) is 0.600. The number of hydrogen-bond acceptors (Lipinski definition) is 2. The summed E-state index contributed by atoms with van der Waals surface area (Å²) >= 11 is 0. The highest BCUT2D eigenvalue weighted by atomic mass is 16.2. The van der Waals surface area contributed by atoms with Gasteiger partial charge in [-0.05, 0) is 31.2 Å². The summed E-state index contributed by atoms with van der Waals surface area (Å²) in [4.78, 5) is 21.3. The molecular weight excluding hydrogens is 312 g/mol. The molecule has 25 heavy (non-hydrogen) atoms. The van der Waals surface area contributed by atoms with Crippen molar-refractivity contribution in [1.29, 1.82) is 0 Å². The predicted molar refractivity (Wildman–Crippen MR) is 103 cm³/mol. The monoisotopic (exact) mass is 344 g/mol. The Morgan fingerprint density at radius 1 is 1.28 bits per heavy atom. The van der Waals surface area contributed by atoms with Gasteiger partial charge in [-0.15, -0.1) is 0 Å². The average Bonchev–Trinajstić information content (AvgIpc) is 2.96. The maximum Gasteiger partial charge on any atom is 0.244 e. The van der Waals surface area contributed by atoms with Crippen molar-refractivity contribution in [3.05, 3.63) is 35.9 Å². The Hall–Kier alpha value is -2.04. The number of hydrogen-bond donors (Lipinski definition) is 1. The number of carbonyl (C=O) groups is 1. The third kappa shape index (κ3) is 5.76. The molecule has 0 aromatic heterocycles. The topological polar surface area (TPSA) is 47.9 Å². The summed E-state index contributed by atoms with van der Waals surface area (Å²) in [5.41, 5.74) is 1.46. The van der Waals surface area contributed by atoms with Crippen LogP contribution in [0.25, 0.3) is 0 Å². The third-order valence-corrected chi connectivity index (χ3v) is 4.63. The van der Waals surface area contributed by atoms with Crippen LogP contribution in [0.15, 0.2) is 35.3 Å². The molecule has 1 saturated heterocycles. The number of likely N-dealkylation sites (tertiary alicyclic amines) is 1. The van der Waals surface area contributed by atoms with E-state index in [1.165, 1.54) is 0 Å². The van der Waals surface area contributed by atoms with Crippen LogP contribution >= 0.6 is 0 Å². The molecule has 1 heterocycles. The second-order valence-electron chi connectivity index (χ2n) is 7.40. The SMILES string of the molecule is CCNC(=NCC(=O)N(CC)Cc1ccccc1)N1CCC(C)(C)C1. The number of aliphatic imine (C=N–C) groups is 1. The largest absolute Gasteiger partial charge is 0.357 e. The van der Waals surface area contributed by atoms with Crippen LogP contribution in [0.4, 0.5) is 0 Å². The molecule has 0 aliphatic carbocycles. The number of carbonyl (C=O) groups excluding carboxylic acids is 1. The Bertz CT molecular complexity index is 583. The summed E-state index contributed by atoms with van der Waals surface area (Å²) < 4.78 is 0. The maximum atomic E-state index is 12.6. The predicted octanol–water partition coefficient (Wildman–Crippen LogP) is 2.73. The Labute approximate surface area is 152 Å². The quantitative estimate of drug-likeness (QED) is 0.638. The Balaban J connectivity index is 1.99. The highest BCUT2D eigenvalue weighted by molar-refractivity contribution is 5.85. The number of nitrogens with one attached hydrogen (secondary N) is 1. The van der Waals surface area contributed by atoms with Gasteiger partial charge in [-0.3, -0.25) is 4.79 Å². The smallest absolute Gasteiger partial charge is 0.244 e. The summed E-state index contributed by atoms with van der Waals surface area (Å²) in [6.45, 7) is 12.9. The van der Waals surface area contributed by atoms with E-state index in [0.717, 1.165) is 37.6 Å². The Kier molecular flexibility index (Phi) is 6.85. The summed E-state index contributed by atoms with van der Waals surface area (Å²) in [6.07, 6.45) is 1.15. The molecule has 0 bridgehead atoms. The van der Waals surface area contributed by atoms with E-state index in [1.807, 2.05) is 30.0 Å². The van der Waals surface area contributed by atoms with Gasteiger partial charge in [0.05, 0.1) is 0 Å². The first-order valence-electron chi connectivity index (χ1n) is 9.30. The second kappa shape index (κ2) is 8.88. The molecule has 5 nitrogen and oxygen atoms in total. The molecule has 1 fully saturated rings. The van der Waals surface area contributed by atoms with Crippen LogP contribution in [-0.2, 0) is 11.3 Å². The number of amides is 1. The molecule has 1 aliphatic heterocycles. The van der Waals surface area contributed by atoms with Gasteiger partial charge >= 0.3 is 0 Å². The van der Waals surface area contributed by atoms with Gasteiger partial charge in [-0.25, -0.2) is 4.99 Å². The van der Waals surface area contributed by atoms with Crippen LogP contribution in [0.5, 0.6) is 0 Å². The fourth-order valence-electron chi connectivity index (χ4n) is 3.14. The molecule has 0 atom stereocenters. The number of likely N-dealkylation sites (N-methyl/N-ethyl adjacent to an activating group) is 1. The molecule has 1 aromatic carbocycles. The van der Waals surface area contributed by atoms with E-state index in [0.29, 0.717) is 18.5 Å². The first-order chi connectivity index (χ1) is 11.9. The van der Waals surface area contributed by atoms with Gasteiger partial charge < -0.3 is 15.1 Å². The minimum absolute atomic E-state index is 0.0696. The van der Waals surface area contributed by atoms with Crippen molar-refractivity contribution in [3.8, 4) is 0 Å². The van der Waals surface area contributed by atoms with Crippen LogP contribution in [0, 0.1) is 5.41 Å². The molecule has 1 N–H and O–H groups in total. The van der Waals surface area contributed by atoms with Gasteiger partial charge in [0.25, 0.3) is 0 Å². The van der Waals surface area contributed by atoms with Crippen molar-refractivity contribution in [1.82, 2.24) is 15.1 Å². The molecule has 2 rings (SSSR count). The summed E-state index contributed by atoms with van der Waals surface area (Å²) in [5.74, 6) is 0.928. The maximum absolute atomic E-state index is 12.6. The van der Waals surface area contributed by atoms with Crippen molar-refractivity contribution in [2.75, 3.05) is 32.7 Å². The average molecular weight is 345 g/mol. The molecule has 0 saturated carbocycles. The molecule has 5 heteroatoms. The lowest BCUT2D eigenvalue weighted by atomic mass is 9.93. The fourth-order valence-corrected chi connectivity index (χ4v) is 3.14. The van der Waals surface area contributed by atoms with Gasteiger partial charge in [0, 0.05) is 32.7 Å². The molecule has 1 aliphatic rings. The van der Waals surface area contributed by atoms with Crippen molar-refractivity contribution in [3.63, 3.8) is 0 Å². The zero-order valence-electron chi connectivity index (χ0n) is 16.1. The molecule has 0 radical (unpaired) electrons. The van der Waals surface area contributed by atoms with Crippen LogP contribution in [0.2, 0.25) is 0 Å². The minimum Gasteiger partial charge on any atom is -0.357 e. The van der Waals surface area contributed by atoms with Crippen molar-refractivity contribution < 1.29 is 4.79 Å². The van der Waals surface area contributed by atoms with E-state index < -0.39 is 0 Å². The zero-order valence-corrected chi connectivity index (χ0v) is 16.1. The molecule has 1 amide bonds. The number of nitrogens with zero attached hydrogens (tertiary/aromatic N) is 3. The van der Waals surface area contributed by atoms with E-state index in [4.69, 9.17) is 0 Å². The van der Waals surface area contributed by atoms with Gasteiger partial charge in [0.2, 0.25) is 5.91 Å². The normalized spacial score (nSPS) is 16.8. The number of guanidine groups is 1. The van der Waals surface area contributed by atoms with Crippen LogP contribution in [-0.4, -0.2) is 54.4 Å². The molecule has 1 aromatic rings. The minimum atomic E-state index is 0.0696. The van der Waals surface area contributed by atoms with Crippen LogP contribution < -0.4 is 5.32 Å². The summed E-state index contributed by atoms with van der Waals surface area (Å²) in [5, 5.41) is 3.33. The van der Waals surface area contributed by atoms with Crippen LogP contribution in [0.3, 0.4) is 0 Å². The first kappa shape index (κ1) is 19.3. The van der Waals surface area contributed by atoms with E-state index in [1.54, 1.807) is 0 Å². The van der Waals surface area contributed by atoms with Crippen LogP contribution in [0.1, 0.15) is 39.7 Å². The Morgan fingerprint density at radius 3 is 2.56 bits per heavy atom. The zero-order chi connectivity index (χ0) is 18.3. The van der Waals surface area contributed by atoms with Gasteiger partial charge in [0.15, 0.2) is 5.96 Å². The molecule has 138 valence electrons. The van der Waals surface area contributed by atoms with E-state index in [2.05, 4.69) is 48.1 Å². The second-order valence-corrected chi connectivity index (χ2v) is 7.40. The third-order valence-electron chi connectivity index (χ3n) is 4.63. The molecule has 0 unspecified atom stereocenters. The first-order valence-corrected chi connectivity index (χ1v) is 9.30. The highest BCUT2D eigenvalue weighted by Crippen LogP contribution is 2.28. The standard InChI is InChI=1S/C20H32N4O/c1-5-21-19(24-13-12-20(3,4)16-24)22-14-18(25)23(6-2)15-17-10-8-7-9-11-17/h7-11H,5-6,12-16H2,1-4H3,(H,21,22). The van der Waals surface area contributed by atoms with E-state index in [-0.39, 0.29) is 12.5 Å². The lowest BCUT2D eigenvalue weighted by molar-refractivity contribution is -0.130. The van der Waals surface area contributed by atoms with E-state index in [9.17, 15) is 4.79 Å². The van der Waals surface area contributed by atoms with Gasteiger partial charge in [-0.1, -0.05) is 44.2 Å². The summed E-state index contributed by atoms with van der Waals surface area (Å²) in [6, 6.07) is 10.1. The van der Waals surface area contributed by atoms with Gasteiger partial charge in [-0.2, -0.15) is 0 Å². The van der Waals surface area contributed by atoms with Crippen molar-refractivity contribution in [2.45, 2.75) is 40.7 Å². The Morgan fingerprint density at radius 2 is 2.00 bits per heavy atom. The lowest BCUT2D eigenvalue weighted by Gasteiger charge is -2.24. The number of benzene rings is 1. The van der Waals surface area contributed by atoms with Crippen molar-refractivity contribution in [2.24, 2.45) is 10.4 Å². The summed E-state index contributed by atoms with van der Waals surface area (Å²) in [7, 11) is 0. The number of rotatable bonds is 6. The highest BCUT2D eigenvalue weighted by Gasteiger charge is 2.31. The molecule has 0 spiro atoms. The van der Waals surface area contributed by atoms with Gasteiger partial charge in [0.1, 0.15) is 6.54 Å².